The average molecular weight is 535 g/mol. The molecular formula is C28H30N4O5S. The highest BCUT2D eigenvalue weighted by molar-refractivity contribution is 8.24. The predicted octanol–water partition coefficient (Wildman–Crippen LogP) is 5.22. The lowest BCUT2D eigenvalue weighted by Gasteiger charge is -2.42. The number of benzene rings is 3. The molecule has 0 saturated carbocycles. The smallest absolute Gasteiger partial charge is 0.337 e. The molecule has 2 heterocycles. The monoisotopic (exact) mass is 534 g/mol. The number of fused-ring (bicyclic) bond motifs is 1. The number of hydrogen-bond acceptors (Lipinski definition) is 6. The number of hydrogen-bond donors (Lipinski definition) is 2. The van der Waals surface area contributed by atoms with E-state index in [1.165, 1.54) is 7.11 Å². The van der Waals surface area contributed by atoms with Crippen molar-refractivity contribution < 1.29 is 23.4 Å². The molecule has 0 atom stereocenters. The van der Waals surface area contributed by atoms with E-state index in [1.54, 1.807) is 34.1 Å². The molecule has 0 aliphatic carbocycles. The SMILES string of the molecule is COC(=O)c1ccc(CN(C(=O)N2CCS(O)(O)CC2)c2ccc(-c3ccc4cnn(C)c4c3)cc2)cc1. The maximum atomic E-state index is 13.7. The Hall–Kier alpha value is -3.86. The van der Waals surface area contributed by atoms with E-state index in [-0.39, 0.29) is 37.2 Å². The fraction of sp³-hybridized carbons (Fsp3) is 0.250. The largest absolute Gasteiger partial charge is 0.465 e. The molecule has 38 heavy (non-hydrogen) atoms. The minimum atomic E-state index is -2.63. The van der Waals surface area contributed by atoms with Crippen LogP contribution < -0.4 is 4.90 Å². The van der Waals surface area contributed by atoms with E-state index in [2.05, 4.69) is 17.2 Å². The van der Waals surface area contributed by atoms with Crippen LogP contribution in [0.4, 0.5) is 10.5 Å². The Morgan fingerprint density at radius 3 is 2.29 bits per heavy atom. The molecule has 10 heteroatoms. The zero-order valence-electron chi connectivity index (χ0n) is 21.3. The first-order chi connectivity index (χ1) is 18.2. The second-order valence-electron chi connectivity index (χ2n) is 9.34. The first-order valence-corrected chi connectivity index (χ1v) is 14.1. The van der Waals surface area contributed by atoms with Gasteiger partial charge in [-0.25, -0.2) is 9.59 Å². The molecule has 1 aromatic heterocycles. The summed E-state index contributed by atoms with van der Waals surface area (Å²) in [5.74, 6) is -0.0669. The number of aryl methyl sites for hydroxylation is 1. The number of methoxy groups -OCH3 is 1. The van der Waals surface area contributed by atoms with Crippen LogP contribution in [0.15, 0.2) is 72.9 Å². The first kappa shape index (κ1) is 25.8. The summed E-state index contributed by atoms with van der Waals surface area (Å²) in [6, 6.07) is 20.7. The molecule has 9 nitrogen and oxygen atoms in total. The quantitative estimate of drug-likeness (QED) is 0.340. The molecule has 0 radical (unpaired) electrons. The van der Waals surface area contributed by atoms with Gasteiger partial charge in [-0.2, -0.15) is 15.7 Å². The summed E-state index contributed by atoms with van der Waals surface area (Å²) in [7, 11) is 0.622. The first-order valence-electron chi connectivity index (χ1n) is 12.2. The highest BCUT2D eigenvalue weighted by Crippen LogP contribution is 2.40. The molecule has 0 bridgehead atoms. The number of anilines is 1. The molecule has 5 rings (SSSR count). The van der Waals surface area contributed by atoms with Crippen molar-refractivity contribution in [3.63, 3.8) is 0 Å². The van der Waals surface area contributed by atoms with Crippen LogP contribution in [0.25, 0.3) is 22.0 Å². The number of esters is 1. The molecule has 198 valence electrons. The summed E-state index contributed by atoms with van der Waals surface area (Å²) in [5, 5.41) is 5.38. The van der Waals surface area contributed by atoms with E-state index in [0.29, 0.717) is 5.56 Å². The van der Waals surface area contributed by atoms with Gasteiger partial charge < -0.3 is 9.64 Å². The van der Waals surface area contributed by atoms with E-state index in [1.807, 2.05) is 48.3 Å². The van der Waals surface area contributed by atoms with Crippen molar-refractivity contribution in [3.05, 3.63) is 84.1 Å². The van der Waals surface area contributed by atoms with Crippen LogP contribution in [-0.4, -0.2) is 67.5 Å². The third-order valence-corrected chi connectivity index (χ3v) is 8.53. The second kappa shape index (κ2) is 10.5. The highest BCUT2D eigenvalue weighted by Gasteiger charge is 2.29. The normalized spacial score (nSPS) is 15.7. The van der Waals surface area contributed by atoms with Crippen molar-refractivity contribution >= 4 is 39.2 Å². The number of ether oxygens (including phenoxy) is 1. The minimum Gasteiger partial charge on any atom is -0.465 e. The van der Waals surface area contributed by atoms with Crippen LogP contribution in [-0.2, 0) is 18.3 Å². The third-order valence-electron chi connectivity index (χ3n) is 6.85. The summed E-state index contributed by atoms with van der Waals surface area (Å²) < 4.78 is 26.6. The van der Waals surface area contributed by atoms with Crippen molar-refractivity contribution in [1.29, 1.82) is 0 Å². The zero-order chi connectivity index (χ0) is 26.9. The van der Waals surface area contributed by atoms with Crippen molar-refractivity contribution in [2.24, 2.45) is 7.05 Å². The fourth-order valence-corrected chi connectivity index (χ4v) is 5.79. The second-order valence-corrected chi connectivity index (χ2v) is 11.8. The van der Waals surface area contributed by atoms with Gasteiger partial charge in [0.1, 0.15) is 0 Å². The Balaban J connectivity index is 1.43. The van der Waals surface area contributed by atoms with Crippen molar-refractivity contribution in [3.8, 4) is 11.1 Å². The molecule has 1 aliphatic heterocycles. The molecule has 1 saturated heterocycles. The number of amides is 2. The minimum absolute atomic E-state index is 0.176. The molecular weight excluding hydrogens is 504 g/mol. The molecule has 2 N–H and O–H groups in total. The van der Waals surface area contributed by atoms with E-state index in [9.17, 15) is 18.7 Å². The Bertz CT molecular complexity index is 1460. The zero-order valence-corrected chi connectivity index (χ0v) is 22.1. The van der Waals surface area contributed by atoms with Crippen molar-refractivity contribution in [1.82, 2.24) is 14.7 Å². The highest BCUT2D eigenvalue weighted by atomic mass is 32.3. The molecule has 0 spiro atoms. The number of carbonyl (C=O) groups excluding carboxylic acids is 2. The van der Waals surface area contributed by atoms with E-state index < -0.39 is 16.6 Å². The van der Waals surface area contributed by atoms with Crippen LogP contribution >= 0.6 is 10.6 Å². The van der Waals surface area contributed by atoms with Gasteiger partial charge in [0, 0.05) is 31.2 Å². The molecule has 3 aromatic carbocycles. The van der Waals surface area contributed by atoms with E-state index in [0.717, 1.165) is 33.3 Å². The fourth-order valence-electron chi connectivity index (χ4n) is 4.56. The predicted molar refractivity (Wildman–Crippen MR) is 150 cm³/mol. The van der Waals surface area contributed by atoms with Crippen LogP contribution in [0, 0.1) is 0 Å². The Kier molecular flexibility index (Phi) is 7.11. The van der Waals surface area contributed by atoms with E-state index >= 15 is 0 Å². The van der Waals surface area contributed by atoms with Crippen LogP contribution in [0.3, 0.4) is 0 Å². The van der Waals surface area contributed by atoms with Gasteiger partial charge in [-0.1, -0.05) is 36.4 Å². The van der Waals surface area contributed by atoms with Crippen LogP contribution in [0.5, 0.6) is 0 Å². The standard InChI is InChI=1S/C28H30N4O5S/c1-30-26-17-23(7-8-24(26)18-29-30)21-9-11-25(12-10-21)32(28(34)31-13-15-38(35,36)16-14-31)19-20-3-5-22(6-4-20)27(33)37-2/h3-12,17-18,35-36H,13-16,19H2,1-2H3. The number of rotatable bonds is 5. The van der Waals surface area contributed by atoms with Crippen LogP contribution in [0.1, 0.15) is 15.9 Å². The Labute approximate surface area is 222 Å². The molecule has 0 unspecified atom stereocenters. The third kappa shape index (κ3) is 5.38. The Morgan fingerprint density at radius 1 is 0.974 bits per heavy atom. The molecule has 4 aromatic rings. The summed E-state index contributed by atoms with van der Waals surface area (Å²) in [4.78, 5) is 28.8. The lowest BCUT2D eigenvalue weighted by atomic mass is 10.0. The topological polar surface area (TPSA) is 108 Å². The lowest BCUT2D eigenvalue weighted by molar-refractivity contribution is 0.0600. The van der Waals surface area contributed by atoms with Gasteiger partial charge >= 0.3 is 12.0 Å². The van der Waals surface area contributed by atoms with Crippen molar-refractivity contribution in [2.45, 2.75) is 6.54 Å². The van der Waals surface area contributed by atoms with Gasteiger partial charge in [0.05, 0.1) is 42.4 Å². The van der Waals surface area contributed by atoms with Gasteiger partial charge in [0.25, 0.3) is 0 Å². The lowest BCUT2D eigenvalue weighted by Crippen LogP contribution is -2.48. The maximum Gasteiger partial charge on any atom is 0.337 e. The van der Waals surface area contributed by atoms with Gasteiger partial charge in [-0.3, -0.25) is 18.7 Å². The molecule has 1 fully saturated rings. The van der Waals surface area contributed by atoms with Gasteiger partial charge in [-0.15, -0.1) is 0 Å². The van der Waals surface area contributed by atoms with Gasteiger partial charge in [-0.05, 0) is 47.0 Å². The molecule has 2 amide bonds. The summed E-state index contributed by atoms with van der Waals surface area (Å²) >= 11 is 0. The Morgan fingerprint density at radius 2 is 1.63 bits per heavy atom. The van der Waals surface area contributed by atoms with Crippen molar-refractivity contribution in [2.75, 3.05) is 36.6 Å². The van der Waals surface area contributed by atoms with Gasteiger partial charge in [0.2, 0.25) is 0 Å². The summed E-state index contributed by atoms with van der Waals surface area (Å²) in [6.45, 7) is 0.844. The number of aromatic nitrogens is 2. The maximum absolute atomic E-state index is 13.7. The summed E-state index contributed by atoms with van der Waals surface area (Å²) in [5.41, 5.74) is 5.09. The van der Waals surface area contributed by atoms with Crippen LogP contribution in [0.2, 0.25) is 0 Å². The van der Waals surface area contributed by atoms with E-state index in [4.69, 9.17) is 4.74 Å². The number of urea groups is 1. The summed E-state index contributed by atoms with van der Waals surface area (Å²) in [6.07, 6.45) is 1.84. The number of carbonyl (C=O) groups is 2. The van der Waals surface area contributed by atoms with Gasteiger partial charge in [0.15, 0.2) is 0 Å². The molecule has 1 aliphatic rings. The number of nitrogens with zero attached hydrogens (tertiary/aromatic N) is 4. The average Bonchev–Trinajstić information content (AvgIpc) is 3.31.